The zero-order valence-electron chi connectivity index (χ0n) is 28.5. The standard InChI is InChI=1S/C50H31NS/c1-50-31-23-26-46-44(27-31)51(43-21-11-12-22-45(43)52-46)32-24-25-37-39(28-32)48(36-18-8-7-17-35(36)47(37)30-13-3-2-4-14-30)40-29-42(50)49(34-16-6-5-15-33(34)40)38-19-9-10-20-41(38)50/h2-29H,1H3. The molecule has 0 spiro atoms. The van der Waals surface area contributed by atoms with Crippen LogP contribution in [0.2, 0.25) is 0 Å². The zero-order chi connectivity index (χ0) is 34.1. The molecule has 6 bridgehead atoms. The highest BCUT2D eigenvalue weighted by Gasteiger charge is 2.43. The Kier molecular flexibility index (Phi) is 5.64. The highest BCUT2D eigenvalue weighted by Crippen LogP contribution is 2.60. The summed E-state index contributed by atoms with van der Waals surface area (Å²) in [4.78, 5) is 5.07. The first-order valence-electron chi connectivity index (χ1n) is 18.1. The largest absolute Gasteiger partial charge is 0.308 e. The van der Waals surface area contributed by atoms with Gasteiger partial charge in [0.1, 0.15) is 0 Å². The van der Waals surface area contributed by atoms with E-state index in [1.807, 2.05) is 11.8 Å². The minimum atomic E-state index is -0.362. The number of nitrogens with zero attached hydrogens (tertiary/aromatic N) is 1. The van der Waals surface area contributed by atoms with E-state index in [0.717, 1.165) is 0 Å². The van der Waals surface area contributed by atoms with E-state index in [0.29, 0.717) is 0 Å². The van der Waals surface area contributed by atoms with Gasteiger partial charge < -0.3 is 4.90 Å². The average Bonchev–Trinajstić information content (AvgIpc) is 3.47. The number of para-hydroxylation sites is 1. The lowest BCUT2D eigenvalue weighted by molar-refractivity contribution is 0.713. The third kappa shape index (κ3) is 3.60. The van der Waals surface area contributed by atoms with Crippen molar-refractivity contribution in [2.24, 2.45) is 0 Å². The van der Waals surface area contributed by atoms with Gasteiger partial charge in [0.25, 0.3) is 0 Å². The summed E-state index contributed by atoms with van der Waals surface area (Å²) in [7, 11) is 0. The number of hydrogen-bond acceptors (Lipinski definition) is 2. The van der Waals surface area contributed by atoms with Crippen LogP contribution in [-0.2, 0) is 5.41 Å². The van der Waals surface area contributed by atoms with Crippen LogP contribution in [0.15, 0.2) is 180 Å². The van der Waals surface area contributed by atoms with Crippen molar-refractivity contribution in [1.82, 2.24) is 0 Å². The maximum Gasteiger partial charge on any atom is 0.0604 e. The predicted molar refractivity (Wildman–Crippen MR) is 220 cm³/mol. The number of rotatable bonds is 1. The highest BCUT2D eigenvalue weighted by atomic mass is 32.2. The molecule has 12 rings (SSSR count). The van der Waals surface area contributed by atoms with Crippen LogP contribution in [0.4, 0.5) is 17.1 Å². The molecule has 2 heteroatoms. The summed E-state index contributed by atoms with van der Waals surface area (Å²) in [5.41, 5.74) is 15.1. The van der Waals surface area contributed by atoms with Gasteiger partial charge >= 0.3 is 0 Å². The Balaban J connectivity index is 1.34. The van der Waals surface area contributed by atoms with Gasteiger partial charge in [0.2, 0.25) is 0 Å². The lowest BCUT2D eigenvalue weighted by atomic mass is 9.72. The molecule has 9 aromatic rings. The Morgan fingerprint density at radius 1 is 0.423 bits per heavy atom. The van der Waals surface area contributed by atoms with E-state index in [1.54, 1.807) is 0 Å². The van der Waals surface area contributed by atoms with Gasteiger partial charge in [-0.3, -0.25) is 0 Å². The van der Waals surface area contributed by atoms with Gasteiger partial charge in [-0.1, -0.05) is 139 Å². The highest BCUT2D eigenvalue weighted by molar-refractivity contribution is 7.99. The quantitative estimate of drug-likeness (QED) is 0.159. The van der Waals surface area contributed by atoms with E-state index in [1.165, 1.54) is 109 Å². The lowest BCUT2D eigenvalue weighted by Crippen LogP contribution is -2.24. The third-order valence-electron chi connectivity index (χ3n) is 12.0. The summed E-state index contributed by atoms with van der Waals surface area (Å²) in [5.74, 6) is 0. The molecule has 9 aromatic carbocycles. The molecule has 1 unspecified atom stereocenters. The van der Waals surface area contributed by atoms with Gasteiger partial charge in [0.15, 0.2) is 0 Å². The molecule has 2 heterocycles. The molecule has 3 aliphatic rings. The van der Waals surface area contributed by atoms with E-state index in [4.69, 9.17) is 0 Å². The molecule has 2 aliphatic heterocycles. The maximum atomic E-state index is 2.57. The van der Waals surface area contributed by atoms with E-state index in [2.05, 4.69) is 182 Å². The molecule has 0 amide bonds. The second kappa shape index (κ2) is 10.3. The zero-order valence-corrected chi connectivity index (χ0v) is 29.3. The first kappa shape index (κ1) is 28.6. The van der Waals surface area contributed by atoms with Crippen LogP contribution in [0.25, 0.3) is 65.7 Å². The average molecular weight is 678 g/mol. The summed E-state index contributed by atoms with van der Waals surface area (Å²) in [6, 6.07) is 64.2. The fourth-order valence-electron chi connectivity index (χ4n) is 9.72. The predicted octanol–water partition coefficient (Wildman–Crippen LogP) is 14.1. The Hall–Kier alpha value is -6.09. The first-order chi connectivity index (χ1) is 25.7. The van der Waals surface area contributed by atoms with Gasteiger partial charge in [0.05, 0.1) is 11.4 Å². The normalized spacial score (nSPS) is 16.1. The summed E-state index contributed by atoms with van der Waals surface area (Å²) in [5, 5.41) is 7.69. The lowest BCUT2D eigenvalue weighted by Gasteiger charge is -2.36. The van der Waals surface area contributed by atoms with E-state index >= 15 is 0 Å². The minimum absolute atomic E-state index is 0.362. The van der Waals surface area contributed by atoms with Gasteiger partial charge in [-0.2, -0.15) is 0 Å². The Morgan fingerprint density at radius 3 is 1.92 bits per heavy atom. The second-order valence-corrected chi connectivity index (χ2v) is 15.6. The molecule has 0 radical (unpaired) electrons. The van der Waals surface area contributed by atoms with Crippen molar-refractivity contribution in [3.63, 3.8) is 0 Å². The molecule has 0 N–H and O–H groups in total. The Labute approximate surface area is 306 Å². The fourth-order valence-corrected chi connectivity index (χ4v) is 10.8. The molecular weight excluding hydrogens is 647 g/mol. The van der Waals surface area contributed by atoms with Gasteiger partial charge in [-0.25, -0.2) is 0 Å². The van der Waals surface area contributed by atoms with Crippen LogP contribution in [-0.4, -0.2) is 0 Å². The van der Waals surface area contributed by atoms with Crippen molar-refractivity contribution in [2.45, 2.75) is 22.1 Å². The van der Waals surface area contributed by atoms with Crippen molar-refractivity contribution < 1.29 is 0 Å². The summed E-state index contributed by atoms with van der Waals surface area (Å²) in [6.45, 7) is 2.46. The van der Waals surface area contributed by atoms with E-state index < -0.39 is 0 Å². The fraction of sp³-hybridized carbons (Fsp3) is 0.0400. The van der Waals surface area contributed by atoms with Gasteiger partial charge in [-0.05, 0) is 132 Å². The van der Waals surface area contributed by atoms with Crippen molar-refractivity contribution in [3.05, 3.63) is 187 Å². The molecule has 0 aromatic heterocycles. The van der Waals surface area contributed by atoms with E-state index in [9.17, 15) is 0 Å². The van der Waals surface area contributed by atoms with Crippen molar-refractivity contribution in [3.8, 4) is 33.4 Å². The van der Waals surface area contributed by atoms with Crippen LogP contribution < -0.4 is 4.90 Å². The van der Waals surface area contributed by atoms with Crippen LogP contribution in [0.1, 0.15) is 23.6 Å². The molecule has 52 heavy (non-hydrogen) atoms. The number of fused-ring (bicyclic) bond motifs is 16. The third-order valence-corrected chi connectivity index (χ3v) is 13.1. The number of hydrogen-bond donors (Lipinski definition) is 0. The summed E-state index contributed by atoms with van der Waals surface area (Å²) in [6.07, 6.45) is 0. The van der Waals surface area contributed by atoms with Crippen LogP contribution in [0.5, 0.6) is 0 Å². The minimum Gasteiger partial charge on any atom is -0.308 e. The number of benzene rings is 9. The first-order valence-corrected chi connectivity index (χ1v) is 18.9. The van der Waals surface area contributed by atoms with Gasteiger partial charge in [-0.15, -0.1) is 0 Å². The van der Waals surface area contributed by atoms with Crippen LogP contribution in [0.3, 0.4) is 0 Å². The molecule has 0 saturated heterocycles. The Bertz CT molecular complexity index is 3010. The molecular formula is C50H31NS. The number of anilines is 3. The topological polar surface area (TPSA) is 3.24 Å². The SMILES string of the molecule is CC12c3ccc4c(c3)N(c3ccc5c(-c6ccccc6)c6ccccc6c(c5c3)-c3cc1c(c1ccccc31)-c1ccccc12)c1ccccc1S4. The van der Waals surface area contributed by atoms with Gasteiger partial charge in [0, 0.05) is 20.9 Å². The molecule has 0 fully saturated rings. The van der Waals surface area contributed by atoms with Crippen molar-refractivity contribution in [1.29, 1.82) is 0 Å². The van der Waals surface area contributed by atoms with E-state index in [-0.39, 0.29) is 5.41 Å². The molecule has 0 saturated carbocycles. The van der Waals surface area contributed by atoms with Crippen LogP contribution in [0, 0.1) is 0 Å². The maximum absolute atomic E-state index is 2.57. The Morgan fingerprint density at radius 2 is 1.08 bits per heavy atom. The summed E-state index contributed by atoms with van der Waals surface area (Å²) < 4.78 is 0. The van der Waals surface area contributed by atoms with Crippen molar-refractivity contribution in [2.75, 3.05) is 4.90 Å². The molecule has 1 nitrogen and oxygen atoms in total. The molecule has 1 atom stereocenters. The summed E-state index contributed by atoms with van der Waals surface area (Å²) >= 11 is 1.88. The molecule has 1 aliphatic carbocycles. The van der Waals surface area contributed by atoms with Crippen molar-refractivity contribution >= 4 is 61.1 Å². The molecule has 242 valence electrons. The van der Waals surface area contributed by atoms with Crippen LogP contribution >= 0.6 is 11.8 Å². The second-order valence-electron chi connectivity index (χ2n) is 14.5. The monoisotopic (exact) mass is 677 g/mol. The smallest absolute Gasteiger partial charge is 0.0604 e.